The fourth-order valence-corrected chi connectivity index (χ4v) is 2.15. The van der Waals surface area contributed by atoms with Crippen LogP contribution in [0.4, 0.5) is 10.5 Å². The van der Waals surface area contributed by atoms with Gasteiger partial charge >= 0.3 is 12.1 Å². The summed E-state index contributed by atoms with van der Waals surface area (Å²) in [4.78, 5) is 33.2. The summed E-state index contributed by atoms with van der Waals surface area (Å²) in [6.07, 6.45) is -1.23. The Morgan fingerprint density at radius 1 is 1.43 bits per heavy atom. The zero-order valence-corrected chi connectivity index (χ0v) is 14.4. The summed E-state index contributed by atoms with van der Waals surface area (Å²) >= 11 is 3.05. The number of carbonyl (C=O) groups is 2. The SMILES string of the molecule is CC(C)(C)OC(=O)N[C@@H](CC(=O)O)c1ccc(Br)c([N+](=O)[O-])c1. The van der Waals surface area contributed by atoms with Crippen molar-refractivity contribution in [2.75, 3.05) is 0 Å². The molecule has 8 nitrogen and oxygen atoms in total. The molecule has 0 aliphatic carbocycles. The number of ether oxygens (including phenoxy) is 1. The van der Waals surface area contributed by atoms with Gasteiger partial charge in [-0.15, -0.1) is 0 Å². The molecule has 1 atom stereocenters. The van der Waals surface area contributed by atoms with Crippen LogP contribution >= 0.6 is 15.9 Å². The standard InChI is InChI=1S/C14H17BrN2O6/c1-14(2,3)23-13(20)16-10(7-12(18)19)8-4-5-9(15)11(6-8)17(21)22/h4-6,10H,7H2,1-3H3,(H,16,20)(H,18,19)/t10-/m0/s1. The van der Waals surface area contributed by atoms with E-state index in [-0.39, 0.29) is 10.2 Å². The Kier molecular flexibility index (Phi) is 6.08. The van der Waals surface area contributed by atoms with E-state index in [1.807, 2.05) is 0 Å². The third-order valence-corrected chi connectivity index (χ3v) is 3.31. The highest BCUT2D eigenvalue weighted by Gasteiger charge is 2.24. The first-order valence-corrected chi connectivity index (χ1v) is 7.44. The van der Waals surface area contributed by atoms with Crippen LogP contribution in [0.25, 0.3) is 0 Å². The van der Waals surface area contributed by atoms with Gasteiger partial charge in [-0.25, -0.2) is 4.79 Å². The molecule has 0 heterocycles. The third-order valence-electron chi connectivity index (χ3n) is 2.64. The lowest BCUT2D eigenvalue weighted by molar-refractivity contribution is -0.385. The fourth-order valence-electron chi connectivity index (χ4n) is 1.76. The van der Waals surface area contributed by atoms with E-state index < -0.39 is 35.0 Å². The molecular formula is C14H17BrN2O6. The number of alkyl carbamates (subject to hydrolysis) is 1. The Labute approximate surface area is 141 Å². The highest BCUT2D eigenvalue weighted by atomic mass is 79.9. The maximum Gasteiger partial charge on any atom is 0.408 e. The second-order valence-electron chi connectivity index (χ2n) is 5.76. The van der Waals surface area contributed by atoms with Crippen molar-refractivity contribution < 1.29 is 24.4 Å². The number of carboxylic acids is 1. The molecule has 0 spiro atoms. The Morgan fingerprint density at radius 3 is 2.52 bits per heavy atom. The van der Waals surface area contributed by atoms with Crippen molar-refractivity contribution in [2.45, 2.75) is 38.8 Å². The van der Waals surface area contributed by atoms with E-state index >= 15 is 0 Å². The Hall–Kier alpha value is -2.16. The first kappa shape index (κ1) is 18.9. The van der Waals surface area contributed by atoms with Crippen LogP contribution in [0.5, 0.6) is 0 Å². The summed E-state index contributed by atoms with van der Waals surface area (Å²) < 4.78 is 5.35. The summed E-state index contributed by atoms with van der Waals surface area (Å²) in [5, 5.41) is 22.4. The van der Waals surface area contributed by atoms with Crippen LogP contribution in [0.1, 0.15) is 38.8 Å². The van der Waals surface area contributed by atoms with Crippen LogP contribution in [0.2, 0.25) is 0 Å². The Bertz CT molecular complexity index is 626. The summed E-state index contributed by atoms with van der Waals surface area (Å²) in [5.41, 5.74) is -0.666. The Morgan fingerprint density at radius 2 is 2.04 bits per heavy atom. The summed E-state index contributed by atoms with van der Waals surface area (Å²) in [6.45, 7) is 5.01. The Balaban J connectivity index is 3.07. The summed E-state index contributed by atoms with van der Waals surface area (Å²) in [6, 6.07) is 3.20. The predicted octanol–water partition coefficient (Wildman–Crippen LogP) is 3.40. The van der Waals surface area contributed by atoms with E-state index in [4.69, 9.17) is 9.84 Å². The van der Waals surface area contributed by atoms with E-state index in [2.05, 4.69) is 21.2 Å². The zero-order chi connectivity index (χ0) is 17.8. The van der Waals surface area contributed by atoms with Crippen molar-refractivity contribution in [3.05, 3.63) is 38.3 Å². The number of nitrogens with zero attached hydrogens (tertiary/aromatic N) is 1. The molecule has 9 heteroatoms. The molecule has 0 saturated heterocycles. The second kappa shape index (κ2) is 7.40. The number of nitrogens with one attached hydrogen (secondary N) is 1. The van der Waals surface area contributed by atoms with E-state index in [1.165, 1.54) is 18.2 Å². The zero-order valence-electron chi connectivity index (χ0n) is 12.8. The highest BCUT2D eigenvalue weighted by Crippen LogP contribution is 2.29. The number of amides is 1. The number of nitro benzene ring substituents is 1. The number of aliphatic carboxylic acids is 1. The van der Waals surface area contributed by atoms with E-state index in [0.29, 0.717) is 5.56 Å². The molecule has 0 fully saturated rings. The quantitative estimate of drug-likeness (QED) is 0.589. The minimum atomic E-state index is -1.16. The summed E-state index contributed by atoms with van der Waals surface area (Å²) in [7, 11) is 0. The van der Waals surface area contributed by atoms with Crippen molar-refractivity contribution in [2.24, 2.45) is 0 Å². The first-order chi connectivity index (χ1) is 10.5. The molecule has 1 amide bonds. The number of carboxylic acid groups (broad SMARTS) is 1. The van der Waals surface area contributed by atoms with Gasteiger partial charge < -0.3 is 15.2 Å². The van der Waals surface area contributed by atoms with E-state index in [1.54, 1.807) is 20.8 Å². The molecule has 1 rings (SSSR count). The van der Waals surface area contributed by atoms with Crippen molar-refractivity contribution >= 4 is 33.7 Å². The normalized spacial score (nSPS) is 12.3. The van der Waals surface area contributed by atoms with Crippen LogP contribution in [0.3, 0.4) is 0 Å². The van der Waals surface area contributed by atoms with Crippen LogP contribution in [-0.4, -0.2) is 27.7 Å². The monoisotopic (exact) mass is 388 g/mol. The summed E-state index contributed by atoms with van der Waals surface area (Å²) in [5.74, 6) is -1.16. The van der Waals surface area contributed by atoms with Crippen LogP contribution in [0, 0.1) is 10.1 Å². The van der Waals surface area contributed by atoms with Crippen LogP contribution in [0.15, 0.2) is 22.7 Å². The highest BCUT2D eigenvalue weighted by molar-refractivity contribution is 9.10. The molecule has 0 saturated carbocycles. The number of carbonyl (C=O) groups excluding carboxylic acids is 1. The molecule has 2 N–H and O–H groups in total. The minimum Gasteiger partial charge on any atom is -0.481 e. The number of benzene rings is 1. The topological polar surface area (TPSA) is 119 Å². The molecular weight excluding hydrogens is 372 g/mol. The molecule has 23 heavy (non-hydrogen) atoms. The number of nitro groups is 1. The molecule has 0 aliphatic rings. The van der Waals surface area contributed by atoms with Gasteiger partial charge in [0.15, 0.2) is 0 Å². The fraction of sp³-hybridized carbons (Fsp3) is 0.429. The molecule has 0 aliphatic heterocycles. The van der Waals surface area contributed by atoms with Gasteiger partial charge in [-0.05, 0) is 48.3 Å². The second-order valence-corrected chi connectivity index (χ2v) is 6.62. The molecule has 1 aromatic carbocycles. The predicted molar refractivity (Wildman–Crippen MR) is 85.2 cm³/mol. The maximum absolute atomic E-state index is 11.8. The van der Waals surface area contributed by atoms with E-state index in [9.17, 15) is 19.7 Å². The lowest BCUT2D eigenvalue weighted by Gasteiger charge is -2.23. The van der Waals surface area contributed by atoms with Gasteiger partial charge in [0, 0.05) is 6.07 Å². The van der Waals surface area contributed by atoms with Gasteiger partial charge in [-0.2, -0.15) is 0 Å². The number of hydrogen-bond acceptors (Lipinski definition) is 5. The molecule has 0 radical (unpaired) electrons. The number of hydrogen-bond donors (Lipinski definition) is 2. The van der Waals surface area contributed by atoms with Gasteiger partial charge in [0.05, 0.1) is 21.9 Å². The van der Waals surface area contributed by atoms with Crippen LogP contribution in [-0.2, 0) is 9.53 Å². The van der Waals surface area contributed by atoms with Crippen LogP contribution < -0.4 is 5.32 Å². The van der Waals surface area contributed by atoms with Gasteiger partial charge in [-0.3, -0.25) is 14.9 Å². The first-order valence-electron chi connectivity index (χ1n) is 6.65. The average molecular weight is 389 g/mol. The van der Waals surface area contributed by atoms with Crippen molar-refractivity contribution in [1.82, 2.24) is 5.32 Å². The van der Waals surface area contributed by atoms with Crippen molar-refractivity contribution in [3.8, 4) is 0 Å². The number of rotatable bonds is 5. The molecule has 0 unspecified atom stereocenters. The smallest absolute Gasteiger partial charge is 0.408 e. The lowest BCUT2D eigenvalue weighted by Crippen LogP contribution is -2.35. The van der Waals surface area contributed by atoms with Gasteiger partial charge in [0.2, 0.25) is 0 Å². The average Bonchev–Trinajstić information content (AvgIpc) is 2.35. The lowest BCUT2D eigenvalue weighted by atomic mass is 10.0. The van der Waals surface area contributed by atoms with E-state index in [0.717, 1.165) is 0 Å². The van der Waals surface area contributed by atoms with Gasteiger partial charge in [-0.1, -0.05) is 6.07 Å². The van der Waals surface area contributed by atoms with Crippen molar-refractivity contribution in [1.29, 1.82) is 0 Å². The number of halogens is 1. The van der Waals surface area contributed by atoms with Gasteiger partial charge in [0.1, 0.15) is 5.60 Å². The maximum atomic E-state index is 11.8. The molecule has 0 aromatic heterocycles. The van der Waals surface area contributed by atoms with Gasteiger partial charge in [0.25, 0.3) is 5.69 Å². The molecule has 1 aromatic rings. The minimum absolute atomic E-state index is 0.219. The molecule has 0 bridgehead atoms. The van der Waals surface area contributed by atoms with Crippen molar-refractivity contribution in [3.63, 3.8) is 0 Å². The largest absolute Gasteiger partial charge is 0.481 e. The third kappa shape index (κ3) is 6.23. The molecule has 126 valence electrons.